The Morgan fingerprint density at radius 3 is 2.60 bits per heavy atom. The van der Waals surface area contributed by atoms with Gasteiger partial charge in [0.25, 0.3) is 5.91 Å². The SMILES string of the molecule is CON(C)C(=O)C1=NC(C(C)(C)C)c2ccccc2C1. The van der Waals surface area contributed by atoms with Crippen LogP contribution in [0.5, 0.6) is 0 Å². The minimum absolute atomic E-state index is 0.00310. The normalized spacial score (nSPS) is 18.2. The smallest absolute Gasteiger partial charge is 0.275 e. The Kier molecular flexibility index (Phi) is 3.95. The van der Waals surface area contributed by atoms with Gasteiger partial charge >= 0.3 is 0 Å². The molecule has 4 heteroatoms. The zero-order valence-corrected chi connectivity index (χ0v) is 12.8. The zero-order valence-electron chi connectivity index (χ0n) is 12.8. The van der Waals surface area contributed by atoms with E-state index in [0.717, 1.165) is 0 Å². The summed E-state index contributed by atoms with van der Waals surface area (Å²) < 4.78 is 0. The fourth-order valence-corrected chi connectivity index (χ4v) is 2.47. The third kappa shape index (κ3) is 2.75. The summed E-state index contributed by atoms with van der Waals surface area (Å²) in [5.41, 5.74) is 2.92. The minimum Gasteiger partial charge on any atom is -0.275 e. The predicted molar refractivity (Wildman–Crippen MR) is 79.6 cm³/mol. The van der Waals surface area contributed by atoms with Crippen LogP contribution in [0.4, 0.5) is 0 Å². The number of amides is 1. The average molecular weight is 274 g/mol. The zero-order chi connectivity index (χ0) is 14.9. The Bertz CT molecular complexity index is 544. The van der Waals surface area contributed by atoms with E-state index in [1.807, 2.05) is 12.1 Å². The molecule has 1 unspecified atom stereocenters. The Labute approximate surface area is 120 Å². The van der Waals surface area contributed by atoms with E-state index in [2.05, 4.69) is 32.9 Å². The largest absolute Gasteiger partial charge is 0.291 e. The number of fused-ring (bicyclic) bond motifs is 1. The number of nitrogens with zero attached hydrogens (tertiary/aromatic N) is 2. The van der Waals surface area contributed by atoms with Crippen molar-refractivity contribution in [2.75, 3.05) is 14.2 Å². The highest BCUT2D eigenvalue weighted by atomic mass is 16.7. The number of carbonyl (C=O) groups is 1. The maximum absolute atomic E-state index is 12.3. The van der Waals surface area contributed by atoms with Gasteiger partial charge in [0.2, 0.25) is 0 Å². The van der Waals surface area contributed by atoms with Crippen molar-refractivity contribution in [2.24, 2.45) is 10.4 Å². The molecule has 0 spiro atoms. The average Bonchev–Trinajstić information content (AvgIpc) is 2.43. The first-order valence-corrected chi connectivity index (χ1v) is 6.81. The lowest BCUT2D eigenvalue weighted by Crippen LogP contribution is -2.36. The monoisotopic (exact) mass is 274 g/mol. The van der Waals surface area contributed by atoms with Gasteiger partial charge in [-0.3, -0.25) is 14.6 Å². The molecular formula is C16H22N2O2. The quantitative estimate of drug-likeness (QED) is 0.778. The molecule has 1 aromatic carbocycles. The Balaban J connectivity index is 2.44. The van der Waals surface area contributed by atoms with Crippen molar-refractivity contribution in [3.63, 3.8) is 0 Å². The van der Waals surface area contributed by atoms with E-state index in [4.69, 9.17) is 9.83 Å². The molecule has 0 N–H and O–H groups in total. The Hall–Kier alpha value is -1.68. The first kappa shape index (κ1) is 14.7. The molecule has 1 aliphatic rings. The van der Waals surface area contributed by atoms with Crippen molar-refractivity contribution in [3.8, 4) is 0 Å². The molecule has 0 bridgehead atoms. The molecule has 0 aliphatic carbocycles. The first-order valence-electron chi connectivity index (χ1n) is 6.81. The molecule has 1 atom stereocenters. The molecule has 2 rings (SSSR count). The summed E-state index contributed by atoms with van der Waals surface area (Å²) in [6.45, 7) is 6.43. The van der Waals surface area contributed by atoms with Crippen LogP contribution in [0.1, 0.15) is 37.9 Å². The van der Waals surface area contributed by atoms with E-state index in [9.17, 15) is 4.79 Å². The van der Waals surface area contributed by atoms with E-state index < -0.39 is 0 Å². The lowest BCUT2D eigenvalue weighted by Gasteiger charge is -2.33. The van der Waals surface area contributed by atoms with Crippen LogP contribution >= 0.6 is 0 Å². The second kappa shape index (κ2) is 5.37. The molecule has 4 nitrogen and oxygen atoms in total. The predicted octanol–water partition coefficient (Wildman–Crippen LogP) is 2.79. The van der Waals surface area contributed by atoms with E-state index in [1.165, 1.54) is 23.3 Å². The lowest BCUT2D eigenvalue weighted by atomic mass is 9.78. The van der Waals surface area contributed by atoms with Crippen molar-refractivity contribution in [3.05, 3.63) is 35.4 Å². The van der Waals surface area contributed by atoms with Crippen LogP contribution in [0.15, 0.2) is 29.3 Å². The van der Waals surface area contributed by atoms with Crippen LogP contribution in [-0.2, 0) is 16.1 Å². The van der Waals surface area contributed by atoms with Gasteiger partial charge < -0.3 is 0 Å². The van der Waals surface area contributed by atoms with Crippen molar-refractivity contribution in [1.82, 2.24) is 5.06 Å². The third-order valence-corrected chi connectivity index (χ3v) is 3.62. The van der Waals surface area contributed by atoms with E-state index in [0.29, 0.717) is 12.1 Å². The first-order chi connectivity index (χ1) is 9.34. The van der Waals surface area contributed by atoms with E-state index in [-0.39, 0.29) is 17.4 Å². The molecule has 1 aliphatic heterocycles. The van der Waals surface area contributed by atoms with Gasteiger partial charge in [-0.15, -0.1) is 0 Å². The molecule has 20 heavy (non-hydrogen) atoms. The van der Waals surface area contributed by atoms with Crippen LogP contribution in [-0.4, -0.2) is 30.8 Å². The van der Waals surface area contributed by atoms with Crippen LogP contribution in [0.25, 0.3) is 0 Å². The summed E-state index contributed by atoms with van der Waals surface area (Å²) >= 11 is 0. The molecule has 0 saturated carbocycles. The van der Waals surface area contributed by atoms with E-state index >= 15 is 0 Å². The molecule has 1 amide bonds. The summed E-state index contributed by atoms with van der Waals surface area (Å²) in [6.07, 6.45) is 0.565. The topological polar surface area (TPSA) is 41.9 Å². The van der Waals surface area contributed by atoms with Crippen LogP contribution < -0.4 is 0 Å². The number of aliphatic imine (C=N–C) groups is 1. The van der Waals surface area contributed by atoms with Gasteiger partial charge in [0.15, 0.2) is 0 Å². The molecule has 1 aromatic rings. The van der Waals surface area contributed by atoms with Gasteiger partial charge in [-0.05, 0) is 16.5 Å². The van der Waals surface area contributed by atoms with Crippen molar-refractivity contribution in [2.45, 2.75) is 33.2 Å². The van der Waals surface area contributed by atoms with E-state index in [1.54, 1.807) is 7.05 Å². The highest BCUT2D eigenvalue weighted by Gasteiger charge is 2.33. The van der Waals surface area contributed by atoms with Gasteiger partial charge in [-0.1, -0.05) is 45.0 Å². The highest BCUT2D eigenvalue weighted by Crippen LogP contribution is 2.40. The van der Waals surface area contributed by atoms with Gasteiger partial charge in [0.05, 0.1) is 13.2 Å². The maximum Gasteiger partial charge on any atom is 0.291 e. The van der Waals surface area contributed by atoms with Crippen LogP contribution in [0, 0.1) is 5.41 Å². The fourth-order valence-electron chi connectivity index (χ4n) is 2.47. The molecule has 108 valence electrons. The van der Waals surface area contributed by atoms with Crippen molar-refractivity contribution in [1.29, 1.82) is 0 Å². The second-order valence-corrected chi connectivity index (χ2v) is 6.21. The Morgan fingerprint density at radius 1 is 1.35 bits per heavy atom. The molecule has 0 fully saturated rings. The number of hydrogen-bond acceptors (Lipinski definition) is 3. The molecule has 1 heterocycles. The van der Waals surface area contributed by atoms with Gasteiger partial charge in [0, 0.05) is 13.5 Å². The summed E-state index contributed by atoms with van der Waals surface area (Å²) in [5.74, 6) is -0.170. The second-order valence-electron chi connectivity index (χ2n) is 6.21. The fraction of sp³-hybridized carbons (Fsp3) is 0.500. The van der Waals surface area contributed by atoms with Gasteiger partial charge in [-0.25, -0.2) is 5.06 Å². The number of benzene rings is 1. The third-order valence-electron chi connectivity index (χ3n) is 3.62. The molecule has 0 radical (unpaired) electrons. The van der Waals surface area contributed by atoms with Gasteiger partial charge in [-0.2, -0.15) is 0 Å². The van der Waals surface area contributed by atoms with Crippen molar-refractivity contribution < 1.29 is 9.63 Å². The summed E-state index contributed by atoms with van der Waals surface area (Å²) in [6, 6.07) is 8.21. The number of hydroxylamine groups is 2. The Morgan fingerprint density at radius 2 is 2.00 bits per heavy atom. The van der Waals surface area contributed by atoms with Gasteiger partial charge in [0.1, 0.15) is 5.71 Å². The van der Waals surface area contributed by atoms with Crippen molar-refractivity contribution >= 4 is 11.6 Å². The maximum atomic E-state index is 12.3. The molecule has 0 saturated heterocycles. The number of rotatable bonds is 2. The number of hydrogen-bond donors (Lipinski definition) is 0. The summed E-state index contributed by atoms with van der Waals surface area (Å²) in [4.78, 5) is 22.0. The standard InChI is InChI=1S/C16H22N2O2/c1-16(2,3)14-12-9-7-6-8-11(12)10-13(17-14)15(19)18(4)20-5/h6-9,14H,10H2,1-5H3. The summed E-state index contributed by atoms with van der Waals surface area (Å²) in [5, 5.41) is 1.23. The molecular weight excluding hydrogens is 252 g/mol. The van der Waals surface area contributed by atoms with Crippen LogP contribution in [0.2, 0.25) is 0 Å². The molecule has 0 aromatic heterocycles. The summed E-state index contributed by atoms with van der Waals surface area (Å²) in [7, 11) is 3.09. The highest BCUT2D eigenvalue weighted by molar-refractivity contribution is 6.39. The van der Waals surface area contributed by atoms with Crippen LogP contribution in [0.3, 0.4) is 0 Å². The number of carbonyl (C=O) groups excluding carboxylic acids is 1. The minimum atomic E-state index is -0.170. The lowest BCUT2D eigenvalue weighted by molar-refractivity contribution is -0.160.